The molecule has 1 aliphatic rings. The molecule has 80 valence electrons. The van der Waals surface area contributed by atoms with Gasteiger partial charge in [-0.1, -0.05) is 0 Å². The Kier molecular flexibility index (Phi) is 3.23. The van der Waals surface area contributed by atoms with Crippen molar-refractivity contribution in [3.05, 3.63) is 33.1 Å². The normalized spacial score (nSPS) is 15.9. The fourth-order valence-electron chi connectivity index (χ4n) is 1.46. The summed E-state index contributed by atoms with van der Waals surface area (Å²) in [6, 6.07) is 4.74. The molecule has 1 aromatic rings. The molecular weight excluding hydrogens is 308 g/mol. The summed E-state index contributed by atoms with van der Waals surface area (Å²) < 4.78 is 13.4. The molecule has 0 bridgehead atoms. The highest BCUT2D eigenvalue weighted by Gasteiger charge is 2.20. The maximum absolute atomic E-state index is 13.0. The largest absolute Gasteiger partial charge is 0.349 e. The van der Waals surface area contributed by atoms with E-state index in [9.17, 15) is 9.18 Å². The Morgan fingerprint density at radius 2 is 2.20 bits per heavy atom. The molecule has 0 aromatic heterocycles. The minimum Gasteiger partial charge on any atom is -0.349 e. The summed E-state index contributed by atoms with van der Waals surface area (Å²) in [7, 11) is 0. The molecule has 1 fully saturated rings. The van der Waals surface area contributed by atoms with E-state index in [-0.39, 0.29) is 11.7 Å². The number of carbonyl (C=O) groups is 1. The van der Waals surface area contributed by atoms with Gasteiger partial charge < -0.3 is 5.32 Å². The van der Waals surface area contributed by atoms with Gasteiger partial charge in [0.25, 0.3) is 5.91 Å². The first-order chi connectivity index (χ1) is 7.16. The van der Waals surface area contributed by atoms with E-state index < -0.39 is 0 Å². The fourth-order valence-corrected chi connectivity index (χ4v) is 1.97. The molecule has 0 atom stereocenters. The number of hydrogen-bond donors (Lipinski definition) is 1. The van der Waals surface area contributed by atoms with E-state index in [2.05, 4.69) is 5.32 Å². The summed E-state index contributed by atoms with van der Waals surface area (Å²) in [6.45, 7) is 0. The molecule has 0 radical (unpaired) electrons. The molecule has 1 aromatic carbocycles. The minimum absolute atomic E-state index is 0.0994. The van der Waals surface area contributed by atoms with Gasteiger partial charge >= 0.3 is 0 Å². The lowest BCUT2D eigenvalue weighted by Gasteiger charge is -2.26. The topological polar surface area (TPSA) is 29.1 Å². The van der Waals surface area contributed by atoms with Crippen molar-refractivity contribution in [3.8, 4) is 0 Å². The van der Waals surface area contributed by atoms with Crippen molar-refractivity contribution in [2.24, 2.45) is 0 Å². The maximum Gasteiger partial charge on any atom is 0.251 e. The van der Waals surface area contributed by atoms with Crippen molar-refractivity contribution in [1.82, 2.24) is 5.32 Å². The molecule has 0 saturated heterocycles. The molecule has 0 heterocycles. The number of carbonyl (C=O) groups excluding carboxylic acids is 1. The van der Waals surface area contributed by atoms with Crippen molar-refractivity contribution in [2.45, 2.75) is 25.3 Å². The van der Waals surface area contributed by atoms with Crippen LogP contribution < -0.4 is 5.32 Å². The predicted molar refractivity (Wildman–Crippen MR) is 64.2 cm³/mol. The SMILES string of the molecule is O=C(NC1CCC1)c1ccc(F)c(I)c1. The third kappa shape index (κ3) is 2.48. The van der Waals surface area contributed by atoms with Crippen LogP contribution in [0.25, 0.3) is 0 Å². The van der Waals surface area contributed by atoms with Gasteiger partial charge in [-0.05, 0) is 60.1 Å². The van der Waals surface area contributed by atoms with Gasteiger partial charge in [-0.25, -0.2) is 4.39 Å². The van der Waals surface area contributed by atoms with Crippen molar-refractivity contribution >= 4 is 28.5 Å². The quantitative estimate of drug-likeness (QED) is 0.835. The molecule has 2 rings (SSSR count). The highest BCUT2D eigenvalue weighted by molar-refractivity contribution is 14.1. The van der Waals surface area contributed by atoms with Gasteiger partial charge in [-0.3, -0.25) is 4.79 Å². The number of halogens is 2. The Balaban J connectivity index is 2.07. The molecule has 0 spiro atoms. The Bertz CT molecular complexity index is 390. The Labute approximate surface area is 101 Å². The van der Waals surface area contributed by atoms with Crippen LogP contribution in [0, 0.1) is 9.39 Å². The highest BCUT2D eigenvalue weighted by Crippen LogP contribution is 2.19. The molecule has 15 heavy (non-hydrogen) atoms. The van der Waals surface area contributed by atoms with Crippen LogP contribution in [-0.4, -0.2) is 11.9 Å². The van der Waals surface area contributed by atoms with Crippen LogP contribution in [-0.2, 0) is 0 Å². The van der Waals surface area contributed by atoms with Gasteiger partial charge in [0.15, 0.2) is 0 Å². The number of nitrogens with one attached hydrogen (secondary N) is 1. The average molecular weight is 319 g/mol. The lowest BCUT2D eigenvalue weighted by atomic mass is 9.93. The summed E-state index contributed by atoms with van der Waals surface area (Å²) in [5.74, 6) is -0.381. The zero-order valence-corrected chi connectivity index (χ0v) is 10.3. The first kappa shape index (κ1) is 10.9. The molecule has 1 amide bonds. The van der Waals surface area contributed by atoms with E-state index in [0.29, 0.717) is 15.2 Å². The van der Waals surface area contributed by atoms with Crippen LogP contribution in [0.3, 0.4) is 0 Å². The number of benzene rings is 1. The lowest BCUT2D eigenvalue weighted by molar-refractivity contribution is 0.0917. The van der Waals surface area contributed by atoms with E-state index in [1.807, 2.05) is 22.6 Å². The summed E-state index contributed by atoms with van der Waals surface area (Å²) in [4.78, 5) is 11.7. The Morgan fingerprint density at radius 3 is 2.73 bits per heavy atom. The first-order valence-electron chi connectivity index (χ1n) is 4.93. The molecule has 0 aliphatic heterocycles. The van der Waals surface area contributed by atoms with Gasteiger partial charge in [-0.2, -0.15) is 0 Å². The van der Waals surface area contributed by atoms with Crippen LogP contribution in [0.2, 0.25) is 0 Å². The highest BCUT2D eigenvalue weighted by atomic mass is 127. The predicted octanol–water partition coefficient (Wildman–Crippen LogP) is 2.71. The van der Waals surface area contributed by atoms with E-state index in [1.54, 1.807) is 6.07 Å². The second-order valence-electron chi connectivity index (χ2n) is 3.73. The van der Waals surface area contributed by atoms with E-state index in [1.165, 1.54) is 18.6 Å². The Morgan fingerprint density at radius 1 is 1.47 bits per heavy atom. The van der Waals surface area contributed by atoms with Crippen LogP contribution in [0.15, 0.2) is 18.2 Å². The summed E-state index contributed by atoms with van der Waals surface area (Å²) in [5, 5.41) is 2.91. The molecule has 1 aliphatic carbocycles. The second-order valence-corrected chi connectivity index (χ2v) is 4.89. The monoisotopic (exact) mass is 319 g/mol. The van der Waals surface area contributed by atoms with E-state index in [4.69, 9.17) is 0 Å². The molecule has 0 unspecified atom stereocenters. The fraction of sp³-hybridized carbons (Fsp3) is 0.364. The van der Waals surface area contributed by atoms with Crippen LogP contribution >= 0.6 is 22.6 Å². The van der Waals surface area contributed by atoms with Crippen LogP contribution in [0.5, 0.6) is 0 Å². The molecule has 4 heteroatoms. The van der Waals surface area contributed by atoms with E-state index in [0.717, 1.165) is 12.8 Å². The Hall–Kier alpha value is -0.650. The summed E-state index contributed by atoms with van der Waals surface area (Å²) in [5.41, 5.74) is 0.535. The molecule has 2 nitrogen and oxygen atoms in total. The van der Waals surface area contributed by atoms with Gasteiger partial charge in [0.1, 0.15) is 5.82 Å². The van der Waals surface area contributed by atoms with E-state index >= 15 is 0 Å². The van der Waals surface area contributed by atoms with Crippen LogP contribution in [0.4, 0.5) is 4.39 Å². The van der Waals surface area contributed by atoms with Gasteiger partial charge in [0, 0.05) is 15.2 Å². The van der Waals surface area contributed by atoms with Crippen molar-refractivity contribution in [1.29, 1.82) is 0 Å². The van der Waals surface area contributed by atoms with Gasteiger partial charge in [0.2, 0.25) is 0 Å². The number of hydrogen-bond acceptors (Lipinski definition) is 1. The summed E-state index contributed by atoms with van der Waals surface area (Å²) in [6.07, 6.45) is 3.31. The maximum atomic E-state index is 13.0. The number of amides is 1. The third-order valence-electron chi connectivity index (χ3n) is 2.62. The number of rotatable bonds is 2. The van der Waals surface area contributed by atoms with Gasteiger partial charge in [-0.15, -0.1) is 0 Å². The van der Waals surface area contributed by atoms with Gasteiger partial charge in [0.05, 0.1) is 0 Å². The lowest BCUT2D eigenvalue weighted by Crippen LogP contribution is -2.39. The molecule has 1 saturated carbocycles. The average Bonchev–Trinajstić information content (AvgIpc) is 2.15. The zero-order chi connectivity index (χ0) is 10.8. The molecule has 1 N–H and O–H groups in total. The zero-order valence-electron chi connectivity index (χ0n) is 8.09. The van der Waals surface area contributed by atoms with Crippen molar-refractivity contribution in [2.75, 3.05) is 0 Å². The van der Waals surface area contributed by atoms with Crippen LogP contribution in [0.1, 0.15) is 29.6 Å². The smallest absolute Gasteiger partial charge is 0.251 e. The van der Waals surface area contributed by atoms with Crippen molar-refractivity contribution in [3.63, 3.8) is 0 Å². The summed E-state index contributed by atoms with van der Waals surface area (Å²) >= 11 is 1.89. The first-order valence-corrected chi connectivity index (χ1v) is 6.00. The minimum atomic E-state index is -0.282. The second kappa shape index (κ2) is 4.47. The standard InChI is InChI=1S/C11H11FINO/c12-9-5-4-7(6-10(9)13)11(15)14-8-2-1-3-8/h4-6,8H,1-3H2,(H,14,15). The third-order valence-corrected chi connectivity index (χ3v) is 3.45. The molecular formula is C11H11FINO. The van der Waals surface area contributed by atoms with Crippen molar-refractivity contribution < 1.29 is 9.18 Å².